The van der Waals surface area contributed by atoms with Gasteiger partial charge >= 0.3 is 0 Å². The van der Waals surface area contributed by atoms with Crippen LogP contribution in [0.4, 0.5) is 0 Å². The molecule has 2 aromatic carbocycles. The fourth-order valence-electron chi connectivity index (χ4n) is 3.61. The number of nitrogens with one attached hydrogen (secondary N) is 1. The van der Waals surface area contributed by atoms with Gasteiger partial charge in [-0.05, 0) is 63.0 Å². The number of amides is 1. The van der Waals surface area contributed by atoms with Gasteiger partial charge in [-0.3, -0.25) is 9.69 Å². The number of hydrogen-bond acceptors (Lipinski definition) is 3. The molecule has 0 aliphatic carbocycles. The summed E-state index contributed by atoms with van der Waals surface area (Å²) >= 11 is 0. The van der Waals surface area contributed by atoms with Gasteiger partial charge in [-0.1, -0.05) is 42.0 Å². The van der Waals surface area contributed by atoms with Gasteiger partial charge in [0.2, 0.25) is 5.91 Å². The molecule has 3 rings (SSSR count). The normalized spacial score (nSPS) is 15.5. The van der Waals surface area contributed by atoms with Crippen molar-refractivity contribution in [1.82, 2.24) is 10.2 Å². The van der Waals surface area contributed by atoms with E-state index in [1.807, 2.05) is 31.2 Å². The molecule has 0 spiro atoms. The Labute approximate surface area is 162 Å². The lowest BCUT2D eigenvalue weighted by atomic mass is 9.95. The van der Waals surface area contributed by atoms with Gasteiger partial charge in [-0.25, -0.2) is 0 Å². The van der Waals surface area contributed by atoms with Gasteiger partial charge in [0.15, 0.2) is 0 Å². The molecule has 1 N–H and O–H groups in total. The quantitative estimate of drug-likeness (QED) is 0.760. The van der Waals surface area contributed by atoms with Crippen molar-refractivity contribution < 1.29 is 9.53 Å². The molecular formula is C23H30N2O2. The zero-order valence-electron chi connectivity index (χ0n) is 16.4. The van der Waals surface area contributed by atoms with E-state index in [1.165, 1.54) is 16.7 Å². The third-order valence-electron chi connectivity index (χ3n) is 5.11. The first-order chi connectivity index (χ1) is 13.1. The summed E-state index contributed by atoms with van der Waals surface area (Å²) in [6.45, 7) is 8.15. The zero-order valence-corrected chi connectivity index (χ0v) is 16.4. The number of nitrogens with zero attached hydrogens (tertiary/aromatic N) is 1. The van der Waals surface area contributed by atoms with Crippen LogP contribution in [0.5, 0.6) is 5.75 Å². The number of piperidine rings is 1. The molecule has 4 nitrogen and oxygen atoms in total. The van der Waals surface area contributed by atoms with Crippen molar-refractivity contribution in [3.8, 4) is 5.75 Å². The number of carbonyl (C=O) groups is 1. The van der Waals surface area contributed by atoms with Crippen LogP contribution >= 0.6 is 0 Å². The van der Waals surface area contributed by atoms with Crippen molar-refractivity contribution in [2.24, 2.45) is 5.92 Å². The van der Waals surface area contributed by atoms with Gasteiger partial charge in [0.25, 0.3) is 0 Å². The molecule has 0 radical (unpaired) electrons. The molecule has 1 saturated heterocycles. The summed E-state index contributed by atoms with van der Waals surface area (Å²) in [5.41, 5.74) is 3.83. The number of hydrogen-bond donors (Lipinski definition) is 1. The fourth-order valence-corrected chi connectivity index (χ4v) is 3.61. The lowest BCUT2D eigenvalue weighted by Crippen LogP contribution is -2.41. The van der Waals surface area contributed by atoms with Crippen molar-refractivity contribution in [2.75, 3.05) is 26.2 Å². The van der Waals surface area contributed by atoms with Crippen molar-refractivity contribution >= 4 is 5.91 Å². The molecule has 27 heavy (non-hydrogen) atoms. The number of rotatable bonds is 7. The van der Waals surface area contributed by atoms with Crippen LogP contribution in [0.15, 0.2) is 48.5 Å². The molecule has 1 aliphatic rings. The molecule has 144 valence electrons. The monoisotopic (exact) mass is 366 g/mol. The van der Waals surface area contributed by atoms with Crippen LogP contribution in [0.2, 0.25) is 0 Å². The Morgan fingerprint density at radius 2 is 1.78 bits per heavy atom. The summed E-state index contributed by atoms with van der Waals surface area (Å²) in [5, 5.41) is 3.03. The Balaban J connectivity index is 1.34. The van der Waals surface area contributed by atoms with Crippen molar-refractivity contribution in [3.05, 3.63) is 65.2 Å². The van der Waals surface area contributed by atoms with Crippen LogP contribution in [-0.4, -0.2) is 37.0 Å². The van der Waals surface area contributed by atoms with E-state index in [9.17, 15) is 4.79 Å². The van der Waals surface area contributed by atoms with E-state index in [-0.39, 0.29) is 11.8 Å². The van der Waals surface area contributed by atoms with E-state index in [0.29, 0.717) is 13.2 Å². The predicted molar refractivity (Wildman–Crippen MR) is 109 cm³/mol. The highest BCUT2D eigenvalue weighted by atomic mass is 16.5. The first kappa shape index (κ1) is 19.4. The maximum Gasteiger partial charge on any atom is 0.223 e. The van der Waals surface area contributed by atoms with Gasteiger partial charge in [0.1, 0.15) is 12.4 Å². The van der Waals surface area contributed by atoms with E-state index in [4.69, 9.17) is 4.74 Å². The van der Waals surface area contributed by atoms with Crippen LogP contribution < -0.4 is 10.1 Å². The van der Waals surface area contributed by atoms with Gasteiger partial charge in [0.05, 0.1) is 6.54 Å². The molecule has 0 unspecified atom stereocenters. The second-order valence-corrected chi connectivity index (χ2v) is 7.50. The summed E-state index contributed by atoms with van der Waals surface area (Å²) in [5.74, 6) is 1.14. The standard InChI is InChI=1S/C23H30N2O2/c1-18-5-3-7-20(15-18)17-25-12-9-21(10-13-25)23(26)24-11-14-27-22-8-4-6-19(2)16-22/h3-8,15-16,21H,9-14,17H2,1-2H3,(H,24,26). The first-order valence-electron chi connectivity index (χ1n) is 9.85. The molecule has 0 atom stereocenters. The second kappa shape index (κ2) is 9.56. The van der Waals surface area contributed by atoms with Gasteiger partial charge in [-0.2, -0.15) is 0 Å². The van der Waals surface area contributed by atoms with Crippen molar-refractivity contribution in [2.45, 2.75) is 33.2 Å². The van der Waals surface area contributed by atoms with Gasteiger partial charge in [-0.15, -0.1) is 0 Å². The maximum absolute atomic E-state index is 12.4. The summed E-state index contributed by atoms with van der Waals surface area (Å²) < 4.78 is 5.69. The van der Waals surface area contributed by atoms with Gasteiger partial charge in [0, 0.05) is 12.5 Å². The lowest BCUT2D eigenvalue weighted by molar-refractivity contribution is -0.126. The van der Waals surface area contributed by atoms with Crippen LogP contribution in [-0.2, 0) is 11.3 Å². The molecule has 1 fully saturated rings. The van der Waals surface area contributed by atoms with Crippen LogP contribution in [0.3, 0.4) is 0 Å². The molecule has 0 aromatic heterocycles. The SMILES string of the molecule is Cc1cccc(CN2CCC(C(=O)NCCOc3cccc(C)c3)CC2)c1. The second-order valence-electron chi connectivity index (χ2n) is 7.50. The van der Waals surface area contributed by atoms with E-state index in [2.05, 4.69) is 41.4 Å². The third kappa shape index (κ3) is 6.10. The summed E-state index contributed by atoms with van der Waals surface area (Å²) in [4.78, 5) is 14.8. The van der Waals surface area contributed by atoms with Crippen LogP contribution in [0.1, 0.15) is 29.5 Å². The fraction of sp³-hybridized carbons (Fsp3) is 0.435. The number of carbonyl (C=O) groups excluding carboxylic acids is 1. The Morgan fingerprint density at radius 1 is 1.07 bits per heavy atom. The Hall–Kier alpha value is -2.33. The lowest BCUT2D eigenvalue weighted by Gasteiger charge is -2.31. The minimum Gasteiger partial charge on any atom is -0.492 e. The summed E-state index contributed by atoms with van der Waals surface area (Å²) in [6.07, 6.45) is 1.85. The third-order valence-corrected chi connectivity index (χ3v) is 5.11. The Morgan fingerprint density at radius 3 is 2.48 bits per heavy atom. The number of ether oxygens (including phenoxy) is 1. The predicted octanol–water partition coefficient (Wildman–Crippen LogP) is 3.71. The Kier molecular flexibility index (Phi) is 6.88. The number of benzene rings is 2. The molecule has 4 heteroatoms. The minimum absolute atomic E-state index is 0.123. The average Bonchev–Trinajstić information content (AvgIpc) is 2.66. The number of likely N-dealkylation sites (tertiary alicyclic amines) is 1. The molecule has 1 amide bonds. The maximum atomic E-state index is 12.4. The smallest absolute Gasteiger partial charge is 0.223 e. The highest BCUT2D eigenvalue weighted by Crippen LogP contribution is 2.19. The van der Waals surface area contributed by atoms with Gasteiger partial charge < -0.3 is 10.1 Å². The summed E-state index contributed by atoms with van der Waals surface area (Å²) in [6, 6.07) is 16.6. The van der Waals surface area contributed by atoms with Crippen molar-refractivity contribution in [1.29, 1.82) is 0 Å². The van der Waals surface area contributed by atoms with Crippen LogP contribution in [0.25, 0.3) is 0 Å². The van der Waals surface area contributed by atoms with E-state index >= 15 is 0 Å². The zero-order chi connectivity index (χ0) is 19.1. The minimum atomic E-state index is 0.123. The van der Waals surface area contributed by atoms with Crippen molar-refractivity contribution in [3.63, 3.8) is 0 Å². The molecule has 0 bridgehead atoms. The van der Waals surface area contributed by atoms with E-state index in [0.717, 1.165) is 38.2 Å². The number of aryl methyl sites for hydroxylation is 2. The molecule has 2 aromatic rings. The highest BCUT2D eigenvalue weighted by Gasteiger charge is 2.24. The molecule has 0 saturated carbocycles. The molecule has 1 aliphatic heterocycles. The summed E-state index contributed by atoms with van der Waals surface area (Å²) in [7, 11) is 0. The molecular weight excluding hydrogens is 336 g/mol. The average molecular weight is 367 g/mol. The van der Waals surface area contributed by atoms with E-state index < -0.39 is 0 Å². The highest BCUT2D eigenvalue weighted by molar-refractivity contribution is 5.78. The Bertz CT molecular complexity index is 752. The topological polar surface area (TPSA) is 41.6 Å². The van der Waals surface area contributed by atoms with Crippen LogP contribution in [0, 0.1) is 19.8 Å². The first-order valence-corrected chi connectivity index (χ1v) is 9.85. The van der Waals surface area contributed by atoms with E-state index in [1.54, 1.807) is 0 Å². The molecule has 1 heterocycles. The largest absolute Gasteiger partial charge is 0.492 e.